The minimum absolute atomic E-state index is 0.0816. The monoisotopic (exact) mass is 382 g/mol. The second kappa shape index (κ2) is 9.68. The fourth-order valence-electron chi connectivity index (χ4n) is 2.24. The average molecular weight is 382 g/mol. The van der Waals surface area contributed by atoms with Crippen molar-refractivity contribution in [1.82, 2.24) is 10.9 Å². The molecule has 0 saturated carbocycles. The Morgan fingerprint density at radius 2 is 2.07 bits per heavy atom. The van der Waals surface area contributed by atoms with E-state index < -0.39 is 10.8 Å². The van der Waals surface area contributed by atoms with E-state index in [0.29, 0.717) is 17.7 Å². The summed E-state index contributed by atoms with van der Waals surface area (Å²) < 4.78 is 5.55. The molecule has 0 radical (unpaired) electrons. The minimum atomic E-state index is -0.777. The van der Waals surface area contributed by atoms with Gasteiger partial charge in [-0.25, -0.2) is 0 Å². The van der Waals surface area contributed by atoms with Crippen LogP contribution in [0.4, 0.5) is 5.69 Å². The fourth-order valence-corrected chi connectivity index (χ4v) is 2.24. The van der Waals surface area contributed by atoms with E-state index in [-0.39, 0.29) is 29.3 Å². The molecule has 2 N–H and O–H groups in total. The maximum Gasteiger partial charge on any atom is 0.280 e. The average Bonchev–Trinajstić information content (AvgIpc) is 3.17. The zero-order chi connectivity index (χ0) is 20.5. The number of hydrogen-bond acceptors (Lipinski definition) is 6. The highest BCUT2D eigenvalue weighted by Gasteiger charge is 2.13. The number of furan rings is 1. The van der Waals surface area contributed by atoms with Gasteiger partial charge < -0.3 is 4.42 Å². The number of nitrogens with one attached hydrogen (secondary N) is 2. The summed E-state index contributed by atoms with van der Waals surface area (Å²) in [5, 5.41) is 20.0. The molecular formula is C19H18N4O5. The summed E-state index contributed by atoms with van der Waals surface area (Å²) >= 11 is 0. The highest BCUT2D eigenvalue weighted by Crippen LogP contribution is 2.26. The number of nitrogens with zero attached hydrogens (tertiary/aromatic N) is 2. The molecule has 0 fully saturated rings. The van der Waals surface area contributed by atoms with Crippen molar-refractivity contribution in [3.63, 3.8) is 0 Å². The standard InChI is InChI=1S/C19H18N4O5/c1-2-3-7-18(24)21-22-19(25)14(12-20)11-16-8-9-17(28-16)13-5-4-6-15(10-13)23(26)27/h4-6,8-11H,2-3,7H2,1H3,(H,21,24)(H,22,25)/b14-11+. The molecule has 0 spiro atoms. The van der Waals surface area contributed by atoms with Gasteiger partial charge in [0.25, 0.3) is 11.6 Å². The maximum absolute atomic E-state index is 12.0. The molecule has 1 aromatic heterocycles. The van der Waals surface area contributed by atoms with Gasteiger partial charge in [-0.05, 0) is 18.6 Å². The number of hydrogen-bond donors (Lipinski definition) is 2. The molecule has 2 rings (SSSR count). The number of non-ortho nitro benzene ring substituents is 1. The molecule has 0 unspecified atom stereocenters. The number of nitro benzene ring substituents is 1. The Bertz CT molecular complexity index is 955. The third-order valence-corrected chi connectivity index (χ3v) is 3.69. The van der Waals surface area contributed by atoms with Gasteiger partial charge in [0, 0.05) is 30.2 Å². The molecule has 2 amide bonds. The summed E-state index contributed by atoms with van der Waals surface area (Å²) in [6.45, 7) is 1.94. The van der Waals surface area contributed by atoms with Crippen molar-refractivity contribution in [2.45, 2.75) is 26.2 Å². The molecule has 2 aromatic rings. The highest BCUT2D eigenvalue weighted by molar-refractivity contribution is 6.02. The number of rotatable bonds is 7. The SMILES string of the molecule is CCCCC(=O)NNC(=O)/C(C#N)=C/c1ccc(-c2cccc([N+](=O)[O-])c2)o1. The summed E-state index contributed by atoms with van der Waals surface area (Å²) in [6.07, 6.45) is 3.02. The van der Waals surface area contributed by atoms with Gasteiger partial charge in [-0.2, -0.15) is 5.26 Å². The zero-order valence-corrected chi connectivity index (χ0v) is 15.1. The molecule has 1 heterocycles. The summed E-state index contributed by atoms with van der Waals surface area (Å²) in [4.78, 5) is 33.9. The van der Waals surface area contributed by atoms with Crippen molar-refractivity contribution < 1.29 is 18.9 Å². The third-order valence-electron chi connectivity index (χ3n) is 3.69. The van der Waals surface area contributed by atoms with Crippen LogP contribution in [0.3, 0.4) is 0 Å². The minimum Gasteiger partial charge on any atom is -0.457 e. The van der Waals surface area contributed by atoms with E-state index in [1.54, 1.807) is 18.2 Å². The van der Waals surface area contributed by atoms with E-state index in [9.17, 15) is 25.0 Å². The van der Waals surface area contributed by atoms with Gasteiger partial charge in [-0.3, -0.25) is 30.6 Å². The molecule has 0 aliphatic heterocycles. The van der Waals surface area contributed by atoms with E-state index in [4.69, 9.17) is 4.42 Å². The van der Waals surface area contributed by atoms with Gasteiger partial charge in [-0.1, -0.05) is 25.5 Å². The molecule has 144 valence electrons. The molecule has 0 bridgehead atoms. The Hall–Kier alpha value is -3.93. The van der Waals surface area contributed by atoms with Crippen LogP contribution in [0.15, 0.2) is 46.4 Å². The van der Waals surface area contributed by atoms with Crippen molar-refractivity contribution in [2.24, 2.45) is 0 Å². The Balaban J connectivity index is 2.10. The van der Waals surface area contributed by atoms with Crippen LogP contribution in [0.2, 0.25) is 0 Å². The molecule has 9 nitrogen and oxygen atoms in total. The third kappa shape index (κ3) is 5.54. The van der Waals surface area contributed by atoms with Crippen molar-refractivity contribution in [1.29, 1.82) is 5.26 Å². The number of carbonyl (C=O) groups is 2. The lowest BCUT2D eigenvalue weighted by Gasteiger charge is -2.05. The van der Waals surface area contributed by atoms with Gasteiger partial charge in [0.15, 0.2) is 0 Å². The smallest absolute Gasteiger partial charge is 0.280 e. The molecule has 0 aliphatic rings. The molecule has 28 heavy (non-hydrogen) atoms. The molecule has 0 atom stereocenters. The first-order valence-electron chi connectivity index (χ1n) is 8.50. The topological polar surface area (TPSA) is 138 Å². The highest BCUT2D eigenvalue weighted by atomic mass is 16.6. The number of nitro groups is 1. The predicted octanol–water partition coefficient (Wildman–Crippen LogP) is 3.10. The number of amides is 2. The van der Waals surface area contributed by atoms with Crippen molar-refractivity contribution in [3.05, 3.63) is 57.8 Å². The van der Waals surface area contributed by atoms with E-state index in [1.165, 1.54) is 30.3 Å². The lowest BCUT2D eigenvalue weighted by Crippen LogP contribution is -2.42. The van der Waals surface area contributed by atoms with Crippen LogP contribution in [0.5, 0.6) is 0 Å². The summed E-state index contributed by atoms with van der Waals surface area (Å²) in [6, 6.07) is 10.7. The van der Waals surface area contributed by atoms with E-state index in [0.717, 1.165) is 6.42 Å². The second-order valence-electron chi connectivity index (χ2n) is 5.79. The van der Waals surface area contributed by atoms with Crippen LogP contribution in [0.25, 0.3) is 17.4 Å². The predicted molar refractivity (Wildman–Crippen MR) is 100 cm³/mol. The lowest BCUT2D eigenvalue weighted by molar-refractivity contribution is -0.384. The van der Waals surface area contributed by atoms with Gasteiger partial charge >= 0.3 is 0 Å². The molecule has 1 aromatic carbocycles. The van der Waals surface area contributed by atoms with Gasteiger partial charge in [0.2, 0.25) is 5.91 Å². The van der Waals surface area contributed by atoms with Crippen LogP contribution >= 0.6 is 0 Å². The van der Waals surface area contributed by atoms with Crippen molar-refractivity contribution in [2.75, 3.05) is 0 Å². The quantitative estimate of drug-likeness (QED) is 0.326. The van der Waals surface area contributed by atoms with Gasteiger partial charge in [0.1, 0.15) is 23.2 Å². The van der Waals surface area contributed by atoms with Crippen molar-refractivity contribution in [3.8, 4) is 17.4 Å². The van der Waals surface area contributed by atoms with Crippen molar-refractivity contribution >= 4 is 23.6 Å². The van der Waals surface area contributed by atoms with Gasteiger partial charge in [0.05, 0.1) is 4.92 Å². The van der Waals surface area contributed by atoms with Crippen LogP contribution in [-0.4, -0.2) is 16.7 Å². The number of nitriles is 1. The first-order chi connectivity index (χ1) is 13.4. The fraction of sp³-hybridized carbons (Fsp3) is 0.211. The number of unbranched alkanes of at least 4 members (excludes halogenated alkanes) is 1. The molecular weight excluding hydrogens is 364 g/mol. The largest absolute Gasteiger partial charge is 0.457 e. The first kappa shape index (κ1) is 20.4. The normalized spacial score (nSPS) is 10.8. The second-order valence-corrected chi connectivity index (χ2v) is 5.79. The summed E-state index contributed by atoms with van der Waals surface area (Å²) in [7, 11) is 0. The van der Waals surface area contributed by atoms with E-state index in [1.807, 2.05) is 6.92 Å². The Morgan fingerprint density at radius 1 is 1.29 bits per heavy atom. The first-order valence-corrected chi connectivity index (χ1v) is 8.50. The van der Waals surface area contributed by atoms with Crippen LogP contribution < -0.4 is 10.9 Å². The summed E-state index contributed by atoms with van der Waals surface area (Å²) in [5.74, 6) is -0.565. The molecule has 0 aliphatic carbocycles. The van der Waals surface area contributed by atoms with E-state index >= 15 is 0 Å². The number of carbonyl (C=O) groups excluding carboxylic acids is 2. The van der Waals surface area contributed by atoms with Crippen LogP contribution in [0.1, 0.15) is 31.9 Å². The maximum atomic E-state index is 12.0. The van der Waals surface area contributed by atoms with Crippen LogP contribution in [0, 0.1) is 21.4 Å². The van der Waals surface area contributed by atoms with Crippen LogP contribution in [-0.2, 0) is 9.59 Å². The Morgan fingerprint density at radius 3 is 2.75 bits per heavy atom. The number of hydrazine groups is 1. The Labute approximate surface area is 160 Å². The molecule has 0 saturated heterocycles. The zero-order valence-electron chi connectivity index (χ0n) is 15.1. The van der Waals surface area contributed by atoms with Gasteiger partial charge in [-0.15, -0.1) is 0 Å². The van der Waals surface area contributed by atoms with E-state index in [2.05, 4.69) is 10.9 Å². The molecule has 9 heteroatoms. The lowest BCUT2D eigenvalue weighted by atomic mass is 10.1. The number of benzene rings is 1. The summed E-state index contributed by atoms with van der Waals surface area (Å²) in [5.41, 5.74) is 4.55. The Kier molecular flexibility index (Phi) is 7.05.